The van der Waals surface area contributed by atoms with E-state index in [9.17, 15) is 0 Å². The first-order valence-corrected chi connectivity index (χ1v) is 17.2. The number of aromatic nitrogens is 5. The van der Waals surface area contributed by atoms with E-state index in [4.69, 9.17) is 19.4 Å². The molecule has 0 radical (unpaired) electrons. The molecular formula is C46H29N5O. The number of para-hydroxylation sites is 3. The van der Waals surface area contributed by atoms with Gasteiger partial charge in [-0.15, -0.1) is 0 Å². The van der Waals surface area contributed by atoms with Gasteiger partial charge in [0.1, 0.15) is 11.3 Å². The van der Waals surface area contributed by atoms with Gasteiger partial charge < -0.3 is 8.98 Å². The molecule has 0 fully saturated rings. The summed E-state index contributed by atoms with van der Waals surface area (Å²) in [4.78, 5) is 19.5. The van der Waals surface area contributed by atoms with Crippen molar-refractivity contribution in [3.05, 3.63) is 176 Å². The molecule has 10 rings (SSSR count). The van der Waals surface area contributed by atoms with Crippen molar-refractivity contribution in [2.45, 2.75) is 0 Å². The van der Waals surface area contributed by atoms with Gasteiger partial charge in [0.15, 0.2) is 17.5 Å². The Labute approximate surface area is 299 Å². The molecule has 0 N–H and O–H groups in total. The highest BCUT2D eigenvalue weighted by Gasteiger charge is 2.17. The Balaban J connectivity index is 1.11. The molecule has 244 valence electrons. The number of benzene rings is 6. The van der Waals surface area contributed by atoms with Crippen LogP contribution in [0.1, 0.15) is 0 Å². The molecule has 0 spiro atoms. The highest BCUT2D eigenvalue weighted by molar-refractivity contribution is 6.10. The molecule has 0 aliphatic rings. The topological polar surface area (TPSA) is 69.6 Å². The van der Waals surface area contributed by atoms with Gasteiger partial charge in [-0.05, 0) is 65.7 Å². The second-order valence-corrected chi connectivity index (χ2v) is 12.8. The Morgan fingerprint density at radius 3 is 1.77 bits per heavy atom. The van der Waals surface area contributed by atoms with Crippen LogP contribution in [0, 0.1) is 0 Å². The summed E-state index contributed by atoms with van der Waals surface area (Å²) in [6.07, 6.45) is 3.65. The van der Waals surface area contributed by atoms with Crippen molar-refractivity contribution in [1.29, 1.82) is 0 Å². The molecule has 0 aliphatic carbocycles. The molecule has 4 aromatic heterocycles. The van der Waals surface area contributed by atoms with E-state index >= 15 is 0 Å². The van der Waals surface area contributed by atoms with Crippen LogP contribution in [0.5, 0.6) is 0 Å². The molecule has 6 aromatic carbocycles. The molecule has 52 heavy (non-hydrogen) atoms. The third-order valence-corrected chi connectivity index (χ3v) is 9.57. The SMILES string of the molecule is c1ccc(-n2c3ccccc3c3cc(-c4nc(-c5ccc(-c6cccnc6)cc5)nc(-c5ccc(-c6cc7ccccc7o6)cc5)n4)ccc32)cc1. The molecule has 6 nitrogen and oxygen atoms in total. The summed E-state index contributed by atoms with van der Waals surface area (Å²) in [7, 11) is 0. The van der Waals surface area contributed by atoms with E-state index in [0.717, 1.165) is 72.2 Å². The Hall–Kier alpha value is -7.18. The number of hydrogen-bond donors (Lipinski definition) is 0. The van der Waals surface area contributed by atoms with Crippen molar-refractivity contribution in [2.75, 3.05) is 0 Å². The number of hydrogen-bond acceptors (Lipinski definition) is 5. The lowest BCUT2D eigenvalue weighted by atomic mass is 10.0. The fourth-order valence-electron chi connectivity index (χ4n) is 6.98. The van der Waals surface area contributed by atoms with E-state index in [2.05, 4.69) is 131 Å². The van der Waals surface area contributed by atoms with Gasteiger partial charge in [0.05, 0.1) is 11.0 Å². The van der Waals surface area contributed by atoms with Crippen molar-refractivity contribution in [3.63, 3.8) is 0 Å². The number of furan rings is 1. The van der Waals surface area contributed by atoms with E-state index in [0.29, 0.717) is 17.5 Å². The first-order chi connectivity index (χ1) is 25.7. The number of pyridine rings is 1. The summed E-state index contributed by atoms with van der Waals surface area (Å²) in [6.45, 7) is 0. The molecule has 4 heterocycles. The lowest BCUT2D eigenvalue weighted by molar-refractivity contribution is 0.631. The van der Waals surface area contributed by atoms with Crippen LogP contribution in [0.2, 0.25) is 0 Å². The van der Waals surface area contributed by atoms with E-state index in [1.807, 2.05) is 48.7 Å². The molecule has 0 saturated heterocycles. The van der Waals surface area contributed by atoms with Crippen molar-refractivity contribution in [3.8, 4) is 62.3 Å². The normalized spacial score (nSPS) is 11.5. The van der Waals surface area contributed by atoms with Crippen LogP contribution in [0.3, 0.4) is 0 Å². The minimum atomic E-state index is 0.597. The molecule has 0 amide bonds. The lowest BCUT2D eigenvalue weighted by Gasteiger charge is -2.10. The van der Waals surface area contributed by atoms with Crippen LogP contribution in [0.4, 0.5) is 0 Å². The third-order valence-electron chi connectivity index (χ3n) is 9.57. The van der Waals surface area contributed by atoms with E-state index in [1.54, 1.807) is 6.20 Å². The fourth-order valence-corrected chi connectivity index (χ4v) is 6.98. The Morgan fingerprint density at radius 1 is 0.423 bits per heavy atom. The molecule has 0 saturated carbocycles. The van der Waals surface area contributed by atoms with Gasteiger partial charge >= 0.3 is 0 Å². The Morgan fingerprint density at radius 2 is 1.04 bits per heavy atom. The Bertz CT molecular complexity index is 2840. The maximum absolute atomic E-state index is 6.14. The predicted molar refractivity (Wildman–Crippen MR) is 209 cm³/mol. The smallest absolute Gasteiger partial charge is 0.164 e. The summed E-state index contributed by atoms with van der Waals surface area (Å²) < 4.78 is 8.46. The van der Waals surface area contributed by atoms with E-state index in [1.165, 1.54) is 5.39 Å². The van der Waals surface area contributed by atoms with Gasteiger partial charge in [-0.1, -0.05) is 109 Å². The largest absolute Gasteiger partial charge is 0.456 e. The predicted octanol–water partition coefficient (Wildman–Crippen LogP) is 11.4. The highest BCUT2D eigenvalue weighted by atomic mass is 16.3. The molecule has 0 aliphatic heterocycles. The number of fused-ring (bicyclic) bond motifs is 4. The summed E-state index contributed by atoms with van der Waals surface area (Å²) >= 11 is 0. The zero-order valence-corrected chi connectivity index (χ0v) is 27.9. The average Bonchev–Trinajstić information content (AvgIpc) is 3.81. The van der Waals surface area contributed by atoms with Crippen LogP contribution in [0.25, 0.3) is 95.1 Å². The number of nitrogens with zero attached hydrogens (tertiary/aromatic N) is 5. The summed E-state index contributed by atoms with van der Waals surface area (Å²) in [6, 6.07) is 56.1. The second-order valence-electron chi connectivity index (χ2n) is 12.8. The van der Waals surface area contributed by atoms with Gasteiger partial charge in [0, 0.05) is 56.5 Å². The zero-order valence-electron chi connectivity index (χ0n) is 27.9. The summed E-state index contributed by atoms with van der Waals surface area (Å²) in [5.74, 6) is 2.63. The van der Waals surface area contributed by atoms with Crippen molar-refractivity contribution < 1.29 is 4.42 Å². The van der Waals surface area contributed by atoms with Crippen molar-refractivity contribution >= 4 is 32.8 Å². The van der Waals surface area contributed by atoms with Crippen LogP contribution in [-0.4, -0.2) is 24.5 Å². The maximum Gasteiger partial charge on any atom is 0.164 e. The zero-order chi connectivity index (χ0) is 34.4. The highest BCUT2D eigenvalue weighted by Crippen LogP contribution is 2.36. The fraction of sp³-hybridized carbons (Fsp3) is 0. The van der Waals surface area contributed by atoms with Crippen LogP contribution < -0.4 is 0 Å². The third kappa shape index (κ3) is 5.22. The molecule has 0 unspecified atom stereocenters. The minimum Gasteiger partial charge on any atom is -0.456 e. The van der Waals surface area contributed by atoms with Crippen LogP contribution in [0.15, 0.2) is 181 Å². The lowest BCUT2D eigenvalue weighted by Crippen LogP contribution is -2.00. The van der Waals surface area contributed by atoms with Crippen LogP contribution >= 0.6 is 0 Å². The maximum atomic E-state index is 6.14. The summed E-state index contributed by atoms with van der Waals surface area (Å²) in [5, 5.41) is 3.38. The second kappa shape index (κ2) is 12.3. The molecule has 10 aromatic rings. The van der Waals surface area contributed by atoms with E-state index < -0.39 is 0 Å². The summed E-state index contributed by atoms with van der Waals surface area (Å²) in [5.41, 5.74) is 10.1. The van der Waals surface area contributed by atoms with Crippen LogP contribution in [-0.2, 0) is 0 Å². The monoisotopic (exact) mass is 667 g/mol. The van der Waals surface area contributed by atoms with Crippen molar-refractivity contribution in [2.24, 2.45) is 0 Å². The Kier molecular flexibility index (Phi) is 7.03. The van der Waals surface area contributed by atoms with Gasteiger partial charge in [0.25, 0.3) is 0 Å². The number of rotatable bonds is 6. The van der Waals surface area contributed by atoms with E-state index in [-0.39, 0.29) is 0 Å². The average molecular weight is 668 g/mol. The van der Waals surface area contributed by atoms with Gasteiger partial charge in [-0.2, -0.15) is 0 Å². The van der Waals surface area contributed by atoms with Gasteiger partial charge in [-0.3, -0.25) is 4.98 Å². The van der Waals surface area contributed by atoms with Gasteiger partial charge in [0.2, 0.25) is 0 Å². The standard InChI is InChI=1S/C46H29N5O/c1-2-11-37(12-3-1)51-40-14-6-5-13-38(40)39-27-35(24-25-41(39)51)46-49-44(32-20-16-30(17-21-32)36-10-8-26-47-29-36)48-45(50-46)33-22-18-31(19-23-33)43-28-34-9-4-7-15-42(34)52-43/h1-29H. The molecular weight excluding hydrogens is 639 g/mol. The first-order valence-electron chi connectivity index (χ1n) is 17.2. The molecule has 6 heteroatoms. The molecule has 0 atom stereocenters. The quantitative estimate of drug-likeness (QED) is 0.176. The minimum absolute atomic E-state index is 0.597. The van der Waals surface area contributed by atoms with Crippen molar-refractivity contribution in [1.82, 2.24) is 24.5 Å². The first kappa shape index (κ1) is 29.7. The van der Waals surface area contributed by atoms with Gasteiger partial charge in [-0.25, -0.2) is 15.0 Å². The molecule has 0 bridgehead atoms.